The Morgan fingerprint density at radius 3 is 2.62 bits per heavy atom. The van der Waals surface area contributed by atoms with Gasteiger partial charge in [-0.15, -0.1) is 0 Å². The lowest BCUT2D eigenvalue weighted by Crippen LogP contribution is -2.46. The van der Waals surface area contributed by atoms with Crippen molar-refractivity contribution in [3.05, 3.63) is 18.6 Å². The lowest BCUT2D eigenvalue weighted by molar-refractivity contribution is 0.164. The van der Waals surface area contributed by atoms with Crippen molar-refractivity contribution in [3.8, 4) is 0 Å². The summed E-state index contributed by atoms with van der Waals surface area (Å²) in [7, 11) is 2.31. The third-order valence-electron chi connectivity index (χ3n) is 4.97. The zero-order valence-corrected chi connectivity index (χ0v) is 13.0. The van der Waals surface area contributed by atoms with Crippen LogP contribution in [0.3, 0.4) is 0 Å². The maximum Gasteiger partial charge on any atom is 0.147 e. The van der Waals surface area contributed by atoms with Gasteiger partial charge in [-0.25, -0.2) is 4.98 Å². The van der Waals surface area contributed by atoms with Crippen molar-refractivity contribution < 1.29 is 0 Å². The van der Waals surface area contributed by atoms with E-state index in [-0.39, 0.29) is 0 Å². The van der Waals surface area contributed by atoms with E-state index >= 15 is 0 Å². The summed E-state index contributed by atoms with van der Waals surface area (Å²) in [6, 6.07) is 0.729. The highest BCUT2D eigenvalue weighted by atomic mass is 15.2. The molecule has 2 saturated heterocycles. The van der Waals surface area contributed by atoms with Crippen LogP contribution in [0.2, 0.25) is 0 Å². The zero-order valence-electron chi connectivity index (χ0n) is 13.0. The molecule has 3 rings (SSSR count). The Labute approximate surface area is 127 Å². The Hall–Kier alpha value is -1.20. The van der Waals surface area contributed by atoms with E-state index in [0.717, 1.165) is 30.9 Å². The largest absolute Gasteiger partial charge is 0.355 e. The minimum Gasteiger partial charge on any atom is -0.355 e. The minimum absolute atomic E-state index is 0.729. The lowest BCUT2D eigenvalue weighted by Gasteiger charge is -2.39. The fourth-order valence-electron chi connectivity index (χ4n) is 3.61. The molecule has 5 heteroatoms. The molecule has 21 heavy (non-hydrogen) atoms. The zero-order chi connectivity index (χ0) is 14.5. The molecule has 0 unspecified atom stereocenters. The number of nitrogens with zero attached hydrogens (tertiary/aromatic N) is 4. The predicted octanol–water partition coefficient (Wildman–Crippen LogP) is 1.38. The second-order valence-corrected chi connectivity index (χ2v) is 6.41. The van der Waals surface area contributed by atoms with E-state index in [1.165, 1.54) is 45.3 Å². The average Bonchev–Trinajstić information content (AvgIpc) is 2.57. The van der Waals surface area contributed by atoms with E-state index in [9.17, 15) is 0 Å². The highest BCUT2D eigenvalue weighted by Gasteiger charge is 2.25. The van der Waals surface area contributed by atoms with Crippen LogP contribution in [0.25, 0.3) is 0 Å². The van der Waals surface area contributed by atoms with Gasteiger partial charge in [-0.3, -0.25) is 4.98 Å². The summed E-state index contributed by atoms with van der Waals surface area (Å²) in [6.45, 7) is 5.85. The normalized spacial score (nSPS) is 21.9. The summed E-state index contributed by atoms with van der Waals surface area (Å²) < 4.78 is 0. The first kappa shape index (κ1) is 14.7. The van der Waals surface area contributed by atoms with Crippen LogP contribution in [-0.2, 0) is 0 Å². The van der Waals surface area contributed by atoms with E-state index < -0.39 is 0 Å². The molecule has 0 amide bonds. The standard InChI is InChI=1S/C16H27N5/c1-20(13-14-2-6-17-7-3-14)15-4-10-21(11-5-15)16-12-18-8-9-19-16/h8-9,12,14-15,17H,2-7,10-11,13H2,1H3. The number of rotatable bonds is 4. The van der Waals surface area contributed by atoms with Gasteiger partial charge in [0.1, 0.15) is 5.82 Å². The first-order valence-corrected chi connectivity index (χ1v) is 8.25. The Bertz CT molecular complexity index is 410. The van der Waals surface area contributed by atoms with Crippen molar-refractivity contribution >= 4 is 5.82 Å². The van der Waals surface area contributed by atoms with Gasteiger partial charge in [0.25, 0.3) is 0 Å². The highest BCUT2D eigenvalue weighted by Crippen LogP contribution is 2.22. The Morgan fingerprint density at radius 2 is 1.95 bits per heavy atom. The molecule has 0 bridgehead atoms. The molecule has 1 N–H and O–H groups in total. The lowest BCUT2D eigenvalue weighted by atomic mass is 9.95. The highest BCUT2D eigenvalue weighted by molar-refractivity contribution is 5.35. The SMILES string of the molecule is CN(CC1CCNCC1)C1CCN(c2cnccn2)CC1. The summed E-state index contributed by atoms with van der Waals surface area (Å²) in [4.78, 5) is 13.5. The van der Waals surface area contributed by atoms with Gasteiger partial charge in [0.05, 0.1) is 6.20 Å². The molecule has 3 heterocycles. The fraction of sp³-hybridized carbons (Fsp3) is 0.750. The van der Waals surface area contributed by atoms with Gasteiger partial charge in [-0.1, -0.05) is 0 Å². The predicted molar refractivity (Wildman–Crippen MR) is 85.5 cm³/mol. The van der Waals surface area contributed by atoms with Crippen LogP contribution in [0.5, 0.6) is 0 Å². The van der Waals surface area contributed by atoms with Crippen molar-refractivity contribution in [2.24, 2.45) is 5.92 Å². The molecule has 5 nitrogen and oxygen atoms in total. The minimum atomic E-state index is 0.729. The van der Waals surface area contributed by atoms with Crippen LogP contribution in [0.15, 0.2) is 18.6 Å². The van der Waals surface area contributed by atoms with E-state index in [4.69, 9.17) is 0 Å². The molecule has 0 atom stereocenters. The molecule has 0 aliphatic carbocycles. The van der Waals surface area contributed by atoms with Gasteiger partial charge in [0.2, 0.25) is 0 Å². The molecule has 2 fully saturated rings. The van der Waals surface area contributed by atoms with Crippen LogP contribution in [-0.4, -0.2) is 60.7 Å². The summed E-state index contributed by atoms with van der Waals surface area (Å²) in [5, 5.41) is 3.45. The molecule has 0 saturated carbocycles. The van der Waals surface area contributed by atoms with Gasteiger partial charge in [-0.05, 0) is 51.7 Å². The number of piperidine rings is 2. The summed E-state index contributed by atoms with van der Waals surface area (Å²) in [6.07, 6.45) is 10.5. The van der Waals surface area contributed by atoms with Gasteiger partial charge >= 0.3 is 0 Å². The van der Waals surface area contributed by atoms with E-state index in [0.29, 0.717) is 0 Å². The van der Waals surface area contributed by atoms with E-state index in [1.54, 1.807) is 12.4 Å². The third kappa shape index (κ3) is 3.92. The second kappa shape index (κ2) is 7.18. The number of hydrogen-bond acceptors (Lipinski definition) is 5. The maximum atomic E-state index is 4.41. The summed E-state index contributed by atoms with van der Waals surface area (Å²) >= 11 is 0. The number of hydrogen-bond donors (Lipinski definition) is 1. The number of aromatic nitrogens is 2. The third-order valence-corrected chi connectivity index (χ3v) is 4.97. The Morgan fingerprint density at radius 1 is 1.19 bits per heavy atom. The van der Waals surface area contributed by atoms with Gasteiger partial charge in [-0.2, -0.15) is 0 Å². The van der Waals surface area contributed by atoms with Crippen molar-refractivity contribution in [2.45, 2.75) is 31.7 Å². The van der Waals surface area contributed by atoms with Gasteiger partial charge in [0, 0.05) is 38.1 Å². The quantitative estimate of drug-likeness (QED) is 0.907. The second-order valence-electron chi connectivity index (χ2n) is 6.41. The van der Waals surface area contributed by atoms with Crippen molar-refractivity contribution in [2.75, 3.05) is 44.7 Å². The van der Waals surface area contributed by atoms with Crippen LogP contribution in [0.4, 0.5) is 5.82 Å². The topological polar surface area (TPSA) is 44.3 Å². The van der Waals surface area contributed by atoms with Crippen LogP contribution in [0, 0.1) is 5.92 Å². The average molecular weight is 289 g/mol. The fourth-order valence-corrected chi connectivity index (χ4v) is 3.61. The van der Waals surface area contributed by atoms with Crippen molar-refractivity contribution in [1.82, 2.24) is 20.2 Å². The van der Waals surface area contributed by atoms with Crippen LogP contribution in [0.1, 0.15) is 25.7 Å². The molecule has 1 aromatic rings. The molecule has 1 aromatic heterocycles. The molecule has 116 valence electrons. The summed E-state index contributed by atoms with van der Waals surface area (Å²) in [5.74, 6) is 1.91. The Kier molecular flexibility index (Phi) is 5.04. The van der Waals surface area contributed by atoms with Crippen LogP contribution >= 0.6 is 0 Å². The molecular weight excluding hydrogens is 262 g/mol. The smallest absolute Gasteiger partial charge is 0.147 e. The molecule has 0 spiro atoms. The molecule has 0 aromatic carbocycles. The van der Waals surface area contributed by atoms with Crippen molar-refractivity contribution in [1.29, 1.82) is 0 Å². The van der Waals surface area contributed by atoms with Crippen LogP contribution < -0.4 is 10.2 Å². The maximum absolute atomic E-state index is 4.41. The molecule has 0 radical (unpaired) electrons. The first-order chi connectivity index (χ1) is 10.3. The number of nitrogens with one attached hydrogen (secondary N) is 1. The van der Waals surface area contributed by atoms with E-state index in [2.05, 4.69) is 32.1 Å². The van der Waals surface area contributed by atoms with Crippen molar-refractivity contribution in [3.63, 3.8) is 0 Å². The number of anilines is 1. The molecule has 2 aliphatic rings. The Balaban J connectivity index is 1.46. The molecular formula is C16H27N5. The first-order valence-electron chi connectivity index (χ1n) is 8.25. The molecule has 2 aliphatic heterocycles. The summed E-state index contributed by atoms with van der Waals surface area (Å²) in [5.41, 5.74) is 0. The monoisotopic (exact) mass is 289 g/mol. The van der Waals surface area contributed by atoms with E-state index in [1.807, 2.05) is 6.20 Å². The van der Waals surface area contributed by atoms with Gasteiger partial charge in [0.15, 0.2) is 0 Å². The van der Waals surface area contributed by atoms with Gasteiger partial charge < -0.3 is 15.1 Å².